The minimum absolute atomic E-state index is 0.199. The molecule has 0 fully saturated rings. The normalized spacial score (nSPS) is 18.8. The van der Waals surface area contributed by atoms with Gasteiger partial charge in [0.1, 0.15) is 0 Å². The maximum atomic E-state index is 11.8. The number of carbonyl (C=O) groups excluding carboxylic acids is 1. The summed E-state index contributed by atoms with van der Waals surface area (Å²) < 4.78 is 26.1. The summed E-state index contributed by atoms with van der Waals surface area (Å²) in [5.74, 6) is -0.332. The Kier molecular flexibility index (Phi) is 3.14. The van der Waals surface area contributed by atoms with Gasteiger partial charge < -0.3 is 5.32 Å². The Morgan fingerprint density at radius 1 is 1.26 bits per heavy atom. The number of fused-ring (bicyclic) bond motifs is 1. The Bertz CT molecular complexity index is 655. The fourth-order valence-electron chi connectivity index (χ4n) is 1.82. The number of hydrogen-bond donors (Lipinski definition) is 2. The Hall–Kier alpha value is -1.82. The van der Waals surface area contributed by atoms with E-state index in [2.05, 4.69) is 10.0 Å². The van der Waals surface area contributed by atoms with Gasteiger partial charge in [-0.25, -0.2) is 8.42 Å². The van der Waals surface area contributed by atoms with Crippen molar-refractivity contribution >= 4 is 21.6 Å². The van der Waals surface area contributed by atoms with E-state index in [1.165, 1.54) is 12.1 Å². The number of carbonyl (C=O) groups is 1. The summed E-state index contributed by atoms with van der Waals surface area (Å²) in [6.45, 7) is 5.57. The molecule has 1 aromatic carbocycles. The first-order chi connectivity index (χ1) is 8.69. The van der Waals surface area contributed by atoms with Crippen LogP contribution in [0.5, 0.6) is 0 Å². The van der Waals surface area contributed by atoms with Gasteiger partial charge in [0.05, 0.1) is 10.6 Å². The molecule has 5 nitrogen and oxygen atoms in total. The van der Waals surface area contributed by atoms with E-state index in [1.54, 1.807) is 18.2 Å². The van der Waals surface area contributed by atoms with Gasteiger partial charge in [-0.05, 0) is 26.8 Å². The molecule has 0 saturated heterocycles. The van der Waals surface area contributed by atoms with Gasteiger partial charge in [-0.2, -0.15) is 0 Å². The van der Waals surface area contributed by atoms with Crippen LogP contribution in [0.25, 0.3) is 5.70 Å². The zero-order valence-electron chi connectivity index (χ0n) is 11.0. The van der Waals surface area contributed by atoms with E-state index < -0.39 is 10.0 Å². The first-order valence-corrected chi connectivity index (χ1v) is 7.33. The summed E-state index contributed by atoms with van der Waals surface area (Å²) in [6.07, 6.45) is 1.27. The summed E-state index contributed by atoms with van der Waals surface area (Å²) in [5.41, 5.74) is 0.453. The van der Waals surface area contributed by atoms with E-state index in [9.17, 15) is 13.2 Å². The summed E-state index contributed by atoms with van der Waals surface area (Å²) in [7, 11) is -3.54. The summed E-state index contributed by atoms with van der Waals surface area (Å²) in [6, 6.07) is 6.57. The van der Waals surface area contributed by atoms with Gasteiger partial charge in [-0.1, -0.05) is 18.2 Å². The van der Waals surface area contributed by atoms with Crippen molar-refractivity contribution in [2.24, 2.45) is 0 Å². The number of sulfonamides is 1. The minimum Gasteiger partial charge on any atom is -0.348 e. The molecule has 19 heavy (non-hydrogen) atoms. The minimum atomic E-state index is -3.54. The highest BCUT2D eigenvalue weighted by Crippen LogP contribution is 2.29. The fraction of sp³-hybridized carbons (Fsp3) is 0.308. The van der Waals surface area contributed by atoms with Gasteiger partial charge >= 0.3 is 0 Å². The molecule has 1 heterocycles. The van der Waals surface area contributed by atoms with Crippen LogP contribution in [0.4, 0.5) is 0 Å². The van der Waals surface area contributed by atoms with Gasteiger partial charge in [-0.3, -0.25) is 9.52 Å². The Morgan fingerprint density at radius 3 is 2.53 bits per heavy atom. The third-order valence-corrected chi connectivity index (χ3v) is 3.91. The zero-order valence-corrected chi connectivity index (χ0v) is 11.8. The summed E-state index contributed by atoms with van der Waals surface area (Å²) in [5, 5.41) is 2.75. The molecule has 1 aliphatic heterocycles. The Labute approximate surface area is 112 Å². The van der Waals surface area contributed by atoms with Crippen molar-refractivity contribution in [2.75, 3.05) is 0 Å². The van der Waals surface area contributed by atoms with Crippen molar-refractivity contribution in [1.29, 1.82) is 0 Å². The molecular weight excluding hydrogens is 264 g/mol. The van der Waals surface area contributed by atoms with Crippen LogP contribution in [0.2, 0.25) is 0 Å². The number of rotatable bonds is 1. The predicted molar refractivity (Wildman–Crippen MR) is 72.6 cm³/mol. The molecular formula is C13H16N2O3S. The lowest BCUT2D eigenvalue weighted by molar-refractivity contribution is -0.117. The molecule has 2 rings (SSSR count). The molecule has 0 radical (unpaired) electrons. The van der Waals surface area contributed by atoms with Crippen molar-refractivity contribution < 1.29 is 13.2 Å². The third-order valence-electron chi connectivity index (χ3n) is 2.48. The second-order valence-corrected chi connectivity index (χ2v) is 7.05. The zero-order chi connectivity index (χ0) is 14.3. The standard InChI is InChI=1S/C13H16N2O3S/c1-13(2,3)14-12(16)8-10-9-6-4-5-7-11(9)19(17,18)15-10/h4-8,15H,1-3H3,(H,14,16). The number of amides is 1. The second kappa shape index (κ2) is 4.38. The van der Waals surface area contributed by atoms with Crippen LogP contribution in [0.1, 0.15) is 26.3 Å². The quantitative estimate of drug-likeness (QED) is 0.760. The smallest absolute Gasteiger partial charge is 0.262 e. The molecule has 6 heteroatoms. The van der Waals surface area contributed by atoms with Gasteiger partial charge in [0.15, 0.2) is 0 Å². The van der Waals surface area contributed by atoms with Crippen LogP contribution in [0, 0.1) is 0 Å². The lowest BCUT2D eigenvalue weighted by atomic mass is 10.1. The highest BCUT2D eigenvalue weighted by Gasteiger charge is 2.29. The van der Waals surface area contributed by atoms with E-state index in [1.807, 2.05) is 20.8 Å². The predicted octanol–water partition coefficient (Wildman–Crippen LogP) is 1.23. The van der Waals surface area contributed by atoms with Crippen LogP contribution in [0.3, 0.4) is 0 Å². The van der Waals surface area contributed by atoms with E-state index >= 15 is 0 Å². The van der Waals surface area contributed by atoms with Crippen LogP contribution in [0.15, 0.2) is 35.2 Å². The molecule has 0 aromatic heterocycles. The van der Waals surface area contributed by atoms with Crippen molar-refractivity contribution in [3.63, 3.8) is 0 Å². The van der Waals surface area contributed by atoms with E-state index in [0.29, 0.717) is 11.3 Å². The van der Waals surface area contributed by atoms with E-state index in [0.717, 1.165) is 0 Å². The molecule has 1 aromatic rings. The molecule has 1 amide bonds. The Morgan fingerprint density at radius 2 is 1.89 bits per heavy atom. The first-order valence-electron chi connectivity index (χ1n) is 5.85. The molecule has 0 unspecified atom stereocenters. The van der Waals surface area contributed by atoms with Crippen LogP contribution < -0.4 is 10.0 Å². The maximum Gasteiger partial charge on any atom is 0.262 e. The molecule has 102 valence electrons. The largest absolute Gasteiger partial charge is 0.348 e. The third kappa shape index (κ3) is 2.96. The molecule has 0 saturated carbocycles. The average Bonchev–Trinajstić information content (AvgIpc) is 2.49. The lowest BCUT2D eigenvalue weighted by Gasteiger charge is -2.19. The van der Waals surface area contributed by atoms with E-state index in [-0.39, 0.29) is 16.3 Å². The highest BCUT2D eigenvalue weighted by molar-refractivity contribution is 7.90. The van der Waals surface area contributed by atoms with Gasteiger partial charge in [-0.15, -0.1) is 0 Å². The van der Waals surface area contributed by atoms with Crippen molar-refractivity contribution in [3.05, 3.63) is 35.9 Å². The summed E-state index contributed by atoms with van der Waals surface area (Å²) >= 11 is 0. The molecule has 0 aliphatic carbocycles. The van der Waals surface area contributed by atoms with Crippen molar-refractivity contribution in [1.82, 2.24) is 10.0 Å². The average molecular weight is 280 g/mol. The fourth-order valence-corrected chi connectivity index (χ4v) is 3.12. The van der Waals surface area contributed by atoms with Crippen molar-refractivity contribution in [2.45, 2.75) is 31.2 Å². The highest BCUT2D eigenvalue weighted by atomic mass is 32.2. The molecule has 0 atom stereocenters. The number of nitrogens with one attached hydrogen (secondary N) is 2. The Balaban J connectivity index is 2.37. The second-order valence-electron chi connectivity index (χ2n) is 5.40. The van der Waals surface area contributed by atoms with Crippen LogP contribution >= 0.6 is 0 Å². The van der Waals surface area contributed by atoms with Crippen LogP contribution in [-0.4, -0.2) is 19.9 Å². The molecule has 1 aliphatic rings. The monoisotopic (exact) mass is 280 g/mol. The van der Waals surface area contributed by atoms with Gasteiger partial charge in [0.25, 0.3) is 10.0 Å². The maximum absolute atomic E-state index is 11.8. The first kappa shape index (κ1) is 13.6. The van der Waals surface area contributed by atoms with E-state index in [4.69, 9.17) is 0 Å². The lowest BCUT2D eigenvalue weighted by Crippen LogP contribution is -2.39. The van der Waals surface area contributed by atoms with Crippen molar-refractivity contribution in [3.8, 4) is 0 Å². The number of hydrogen-bond acceptors (Lipinski definition) is 3. The molecule has 2 N–H and O–H groups in total. The number of benzene rings is 1. The SMILES string of the molecule is CC(C)(C)NC(=O)C=C1NS(=O)(=O)c2ccccc21. The summed E-state index contributed by atoms with van der Waals surface area (Å²) in [4.78, 5) is 12.0. The van der Waals surface area contributed by atoms with Crippen LogP contribution in [-0.2, 0) is 14.8 Å². The topological polar surface area (TPSA) is 75.3 Å². The van der Waals surface area contributed by atoms with Gasteiger partial charge in [0.2, 0.25) is 5.91 Å². The molecule has 0 bridgehead atoms. The van der Waals surface area contributed by atoms with Gasteiger partial charge in [0, 0.05) is 17.2 Å². The molecule has 0 spiro atoms.